The number of aliphatic hydroxyl groups is 1. The van der Waals surface area contributed by atoms with Gasteiger partial charge in [0.05, 0.1) is 6.10 Å². The lowest BCUT2D eigenvalue weighted by molar-refractivity contribution is 0.126. The van der Waals surface area contributed by atoms with Gasteiger partial charge in [0.25, 0.3) is 0 Å². The number of aliphatic hydroxyl groups excluding tert-OH is 1. The van der Waals surface area contributed by atoms with Gasteiger partial charge in [-0.25, -0.2) is 0 Å². The second-order valence-electron chi connectivity index (χ2n) is 3.82. The highest BCUT2D eigenvalue weighted by molar-refractivity contribution is 6.30. The van der Waals surface area contributed by atoms with Crippen molar-refractivity contribution in [3.05, 3.63) is 34.9 Å². The first-order valence-electron chi connectivity index (χ1n) is 4.71. The van der Waals surface area contributed by atoms with Gasteiger partial charge < -0.3 is 10.8 Å². The Hall–Kier alpha value is -0.570. The quantitative estimate of drug-likeness (QED) is 0.810. The second-order valence-corrected chi connectivity index (χ2v) is 4.25. The molecular formula is C11H16ClNO. The summed E-state index contributed by atoms with van der Waals surface area (Å²) in [6, 6.07) is 6.88. The molecule has 0 unspecified atom stereocenters. The number of nitrogens with two attached hydrogens (primary N) is 1. The molecule has 0 aliphatic rings. The Labute approximate surface area is 89.7 Å². The largest absolute Gasteiger partial charge is 0.387 e. The number of halogens is 1. The second kappa shape index (κ2) is 4.78. The minimum atomic E-state index is -0.618. The highest BCUT2D eigenvalue weighted by Gasteiger charge is 2.19. The summed E-state index contributed by atoms with van der Waals surface area (Å²) in [6.45, 7) is 3.98. The van der Waals surface area contributed by atoms with Crippen LogP contribution in [-0.2, 0) is 0 Å². The molecule has 1 aromatic rings. The Morgan fingerprint density at radius 3 is 2.14 bits per heavy atom. The normalized spacial score (nSPS) is 15.6. The molecule has 0 bridgehead atoms. The average molecular weight is 214 g/mol. The highest BCUT2D eigenvalue weighted by atomic mass is 35.5. The minimum absolute atomic E-state index is 0.240. The van der Waals surface area contributed by atoms with Crippen LogP contribution in [0.3, 0.4) is 0 Å². The molecule has 2 nitrogen and oxygen atoms in total. The zero-order chi connectivity index (χ0) is 10.7. The standard InChI is InChI=1S/C11H16ClNO/c1-7(2)10(13)11(14)8-3-5-9(12)6-4-8/h3-7,10-11,14H,13H2,1-2H3/t10-,11-/m1/s1. The number of hydrogen-bond acceptors (Lipinski definition) is 2. The minimum Gasteiger partial charge on any atom is -0.387 e. The predicted octanol–water partition coefficient (Wildman–Crippen LogP) is 2.36. The van der Waals surface area contributed by atoms with Gasteiger partial charge in [0.1, 0.15) is 0 Å². The van der Waals surface area contributed by atoms with Gasteiger partial charge >= 0.3 is 0 Å². The van der Waals surface area contributed by atoms with Gasteiger partial charge in [-0.15, -0.1) is 0 Å². The highest BCUT2D eigenvalue weighted by Crippen LogP contribution is 2.21. The fraction of sp³-hybridized carbons (Fsp3) is 0.455. The lowest BCUT2D eigenvalue weighted by Crippen LogP contribution is -2.33. The molecule has 3 heteroatoms. The van der Waals surface area contributed by atoms with Gasteiger partial charge in [-0.1, -0.05) is 37.6 Å². The summed E-state index contributed by atoms with van der Waals surface area (Å²) < 4.78 is 0. The zero-order valence-corrected chi connectivity index (χ0v) is 9.20. The van der Waals surface area contributed by atoms with E-state index in [9.17, 15) is 5.11 Å². The van der Waals surface area contributed by atoms with Crippen LogP contribution in [0.1, 0.15) is 25.5 Å². The third-order valence-electron chi connectivity index (χ3n) is 2.35. The lowest BCUT2D eigenvalue weighted by atomic mass is 9.94. The fourth-order valence-corrected chi connectivity index (χ4v) is 1.37. The van der Waals surface area contributed by atoms with Gasteiger partial charge in [-0.2, -0.15) is 0 Å². The Kier molecular flexibility index (Phi) is 3.93. The molecule has 0 amide bonds. The summed E-state index contributed by atoms with van der Waals surface area (Å²) in [4.78, 5) is 0. The molecule has 0 aliphatic heterocycles. The molecule has 0 spiro atoms. The van der Waals surface area contributed by atoms with Crippen LogP contribution in [-0.4, -0.2) is 11.1 Å². The van der Waals surface area contributed by atoms with E-state index in [0.717, 1.165) is 5.56 Å². The molecule has 0 heterocycles. The van der Waals surface area contributed by atoms with E-state index in [1.165, 1.54) is 0 Å². The average Bonchev–Trinajstić information content (AvgIpc) is 2.16. The van der Waals surface area contributed by atoms with Crippen molar-refractivity contribution in [1.82, 2.24) is 0 Å². The molecule has 2 atom stereocenters. The van der Waals surface area contributed by atoms with Crippen LogP contribution in [0, 0.1) is 5.92 Å². The summed E-state index contributed by atoms with van der Waals surface area (Å²) in [5.74, 6) is 0.251. The van der Waals surface area contributed by atoms with E-state index in [2.05, 4.69) is 0 Å². The first kappa shape index (κ1) is 11.5. The van der Waals surface area contributed by atoms with Crippen molar-refractivity contribution in [3.63, 3.8) is 0 Å². The molecule has 1 rings (SSSR count). The topological polar surface area (TPSA) is 46.2 Å². The molecule has 1 aromatic carbocycles. The van der Waals surface area contributed by atoms with Crippen LogP contribution >= 0.6 is 11.6 Å². The van der Waals surface area contributed by atoms with Crippen LogP contribution in [0.25, 0.3) is 0 Å². The summed E-state index contributed by atoms with van der Waals surface area (Å²) >= 11 is 5.75. The smallest absolute Gasteiger partial charge is 0.0943 e. The van der Waals surface area contributed by atoms with Gasteiger partial charge in [0.2, 0.25) is 0 Å². The van der Waals surface area contributed by atoms with Crippen molar-refractivity contribution >= 4 is 11.6 Å². The molecule has 0 aromatic heterocycles. The SMILES string of the molecule is CC(C)[C@@H](N)[C@H](O)c1ccc(Cl)cc1. The maximum atomic E-state index is 9.88. The van der Waals surface area contributed by atoms with E-state index in [-0.39, 0.29) is 12.0 Å². The molecule has 78 valence electrons. The maximum Gasteiger partial charge on any atom is 0.0943 e. The lowest BCUT2D eigenvalue weighted by Gasteiger charge is -2.22. The number of benzene rings is 1. The van der Waals surface area contributed by atoms with E-state index in [0.29, 0.717) is 5.02 Å². The van der Waals surface area contributed by atoms with E-state index >= 15 is 0 Å². The van der Waals surface area contributed by atoms with E-state index in [1.54, 1.807) is 24.3 Å². The van der Waals surface area contributed by atoms with Gasteiger partial charge in [0, 0.05) is 11.1 Å². The van der Waals surface area contributed by atoms with Crippen molar-refractivity contribution in [1.29, 1.82) is 0 Å². The summed E-state index contributed by atoms with van der Waals surface area (Å²) in [5, 5.41) is 10.5. The van der Waals surface area contributed by atoms with Crippen molar-refractivity contribution in [3.8, 4) is 0 Å². The van der Waals surface area contributed by atoms with Crippen molar-refractivity contribution in [2.75, 3.05) is 0 Å². The maximum absolute atomic E-state index is 9.88. The molecule has 0 fully saturated rings. The van der Waals surface area contributed by atoms with Crippen molar-refractivity contribution < 1.29 is 5.11 Å². The van der Waals surface area contributed by atoms with E-state index < -0.39 is 6.10 Å². The molecule has 0 saturated heterocycles. The Morgan fingerprint density at radius 2 is 1.71 bits per heavy atom. The Morgan fingerprint density at radius 1 is 1.21 bits per heavy atom. The first-order chi connectivity index (χ1) is 6.52. The molecule has 3 N–H and O–H groups in total. The van der Waals surface area contributed by atoms with Crippen LogP contribution < -0.4 is 5.73 Å². The molecular weight excluding hydrogens is 198 g/mol. The van der Waals surface area contributed by atoms with Crippen LogP contribution in [0.15, 0.2) is 24.3 Å². The van der Waals surface area contributed by atoms with Crippen LogP contribution in [0.2, 0.25) is 5.02 Å². The van der Waals surface area contributed by atoms with Gasteiger partial charge in [-0.3, -0.25) is 0 Å². The number of hydrogen-bond donors (Lipinski definition) is 2. The summed E-state index contributed by atoms with van der Waals surface area (Å²) in [7, 11) is 0. The zero-order valence-electron chi connectivity index (χ0n) is 8.44. The third-order valence-corrected chi connectivity index (χ3v) is 2.60. The monoisotopic (exact) mass is 213 g/mol. The van der Waals surface area contributed by atoms with Crippen LogP contribution in [0.4, 0.5) is 0 Å². The fourth-order valence-electron chi connectivity index (χ4n) is 1.25. The molecule has 0 aliphatic carbocycles. The van der Waals surface area contributed by atoms with Crippen LogP contribution in [0.5, 0.6) is 0 Å². The molecule has 0 saturated carbocycles. The summed E-state index contributed by atoms with van der Waals surface area (Å²) in [6.07, 6.45) is -0.618. The Bertz CT molecular complexity index is 284. The van der Waals surface area contributed by atoms with E-state index in [1.807, 2.05) is 13.8 Å². The predicted molar refractivity (Wildman–Crippen MR) is 59.2 cm³/mol. The molecule has 14 heavy (non-hydrogen) atoms. The van der Waals surface area contributed by atoms with Gasteiger partial charge in [0.15, 0.2) is 0 Å². The first-order valence-corrected chi connectivity index (χ1v) is 5.09. The van der Waals surface area contributed by atoms with Crippen molar-refractivity contribution in [2.45, 2.75) is 26.0 Å². The van der Waals surface area contributed by atoms with E-state index in [4.69, 9.17) is 17.3 Å². The summed E-state index contributed by atoms with van der Waals surface area (Å²) in [5.41, 5.74) is 6.66. The molecule has 0 radical (unpaired) electrons. The van der Waals surface area contributed by atoms with Crippen molar-refractivity contribution in [2.24, 2.45) is 11.7 Å². The Balaban J connectivity index is 2.78. The van der Waals surface area contributed by atoms with Gasteiger partial charge in [-0.05, 0) is 23.6 Å². The number of rotatable bonds is 3. The third kappa shape index (κ3) is 2.71.